The van der Waals surface area contributed by atoms with E-state index in [2.05, 4.69) is 77.3 Å². The van der Waals surface area contributed by atoms with Crippen LogP contribution < -0.4 is 36.5 Å². The second-order valence-electron chi connectivity index (χ2n) is 18.5. The van der Waals surface area contributed by atoms with Crippen molar-refractivity contribution in [1.82, 2.24) is 29.3 Å². The number of rotatable bonds is 22. The number of nitrogens with two attached hydrogens (primary N) is 1. The van der Waals surface area contributed by atoms with Crippen molar-refractivity contribution in [3.63, 3.8) is 0 Å². The predicted octanol–water partition coefficient (Wildman–Crippen LogP) is 15.2. The van der Waals surface area contributed by atoms with Crippen molar-refractivity contribution in [3.8, 4) is 23.0 Å². The fourth-order valence-electron chi connectivity index (χ4n) is 7.94. The molecule has 432 valence electrons. The monoisotopic (exact) mass is 1120 g/mol. The summed E-state index contributed by atoms with van der Waals surface area (Å²) >= 11 is 4.47. The van der Waals surface area contributed by atoms with Crippen molar-refractivity contribution in [1.29, 1.82) is 0 Å². The lowest BCUT2D eigenvalue weighted by Gasteiger charge is -2.18. The highest BCUT2D eigenvalue weighted by atomic mass is 32.1. The van der Waals surface area contributed by atoms with Crippen LogP contribution in [0.25, 0.3) is 11.0 Å². The topological polar surface area (TPSA) is 189 Å². The Labute approximate surface area is 478 Å². The molecule has 0 aliphatic heterocycles. The molecule has 0 bridgehead atoms. The highest BCUT2D eigenvalue weighted by Crippen LogP contribution is 2.31. The first-order chi connectivity index (χ1) is 37.0. The lowest BCUT2D eigenvalue weighted by atomic mass is 10.0. The van der Waals surface area contributed by atoms with Crippen LogP contribution in [0.2, 0.25) is 0 Å². The average Bonchev–Trinajstić information content (AvgIpc) is 3.70. The maximum atomic E-state index is 14.1. The number of likely N-dealkylation sites (N-methyl/N-ethyl adjacent to an activating group) is 2. The van der Waals surface area contributed by atoms with Crippen molar-refractivity contribution in [2.75, 3.05) is 73.3 Å². The highest BCUT2D eigenvalue weighted by molar-refractivity contribution is 7.78. The number of aliphatic imine (C=N–C) groups is 1. The van der Waals surface area contributed by atoms with Crippen LogP contribution in [-0.2, 0) is 16.6 Å². The van der Waals surface area contributed by atoms with Crippen LogP contribution in [0.4, 0.5) is 49.1 Å². The number of fused-ring (bicyclic) bond motifs is 1. The van der Waals surface area contributed by atoms with Crippen LogP contribution in [0.15, 0.2) is 114 Å². The van der Waals surface area contributed by atoms with E-state index in [1.54, 1.807) is 60.9 Å². The third kappa shape index (κ3) is 20.8. The Morgan fingerprint density at radius 3 is 1.69 bits per heavy atom. The van der Waals surface area contributed by atoms with E-state index < -0.39 is 0 Å². The minimum atomic E-state index is -0.212. The van der Waals surface area contributed by atoms with Crippen molar-refractivity contribution in [3.05, 3.63) is 132 Å². The van der Waals surface area contributed by atoms with E-state index in [1.807, 2.05) is 96.6 Å². The number of pyridine rings is 2. The van der Waals surface area contributed by atoms with Gasteiger partial charge < -0.3 is 41.0 Å². The molecular weight excluding hydrogens is 1030 g/mol. The number of carbonyl (C=O) groups is 2. The molecule has 0 saturated heterocycles. The summed E-state index contributed by atoms with van der Waals surface area (Å²) in [6.45, 7) is 20.1. The van der Waals surface area contributed by atoms with Crippen LogP contribution in [0.5, 0.6) is 23.0 Å². The number of nitrogens with zero attached hydrogens (tertiary/aromatic N) is 7. The standard InChI is InChI=1S/C29H35FN6O2.C19H27N5O2.C10H10FNS.3CH4/c1-6-14-36(7-2)18-28(37)34-27-17-22(12-13-31-27)38-21-9-11-26-25(16-21)33-29(35(26)5)32-20-8-10-24(30)23(15-20)19(3)4;1-4-10-24(5-2)13-19(25)23-18-12-15(8-9-22-18)26-14-6-7-17(21-3)16(20)11-14;1-7(2)9-5-8(12-6-13)3-4-10(9)11;;;/h8-13,15-17,19H,6-7,14,18H2,1-5H3,(H,32,33)(H,31,34,37);6-9,11-12,21H,4-5,10,13,20H2,1-3H3,(H,22,23,25);3-5,7H,1-2H3;3*1H4. The van der Waals surface area contributed by atoms with Gasteiger partial charge >= 0.3 is 0 Å². The third-order valence-corrected chi connectivity index (χ3v) is 12.1. The number of aromatic nitrogens is 4. The Hall–Kier alpha value is -7.83. The van der Waals surface area contributed by atoms with Crippen molar-refractivity contribution in [2.24, 2.45) is 12.0 Å². The van der Waals surface area contributed by atoms with E-state index >= 15 is 0 Å². The first-order valence-corrected chi connectivity index (χ1v) is 26.2. The molecule has 2 amide bonds. The maximum Gasteiger partial charge on any atom is 0.239 e. The summed E-state index contributed by atoms with van der Waals surface area (Å²) in [7, 11) is 3.73. The predicted molar refractivity (Wildman–Crippen MR) is 331 cm³/mol. The number of nitrogen functional groups attached to an aromatic ring is 1. The van der Waals surface area contributed by atoms with Gasteiger partial charge in [-0.2, -0.15) is 4.99 Å². The molecule has 19 heteroatoms. The minimum absolute atomic E-state index is 0. The molecule has 0 aliphatic rings. The average molecular weight is 1120 g/mol. The van der Waals surface area contributed by atoms with Gasteiger partial charge in [0.1, 0.15) is 46.3 Å². The number of imidazole rings is 1. The fourth-order valence-corrected chi connectivity index (χ4v) is 8.04. The number of ether oxygens (including phenoxy) is 2. The van der Waals surface area contributed by atoms with E-state index in [9.17, 15) is 18.4 Å². The zero-order chi connectivity index (χ0) is 56.0. The van der Waals surface area contributed by atoms with Crippen molar-refractivity contribution in [2.45, 2.75) is 102 Å². The van der Waals surface area contributed by atoms with E-state index in [0.29, 0.717) is 76.2 Å². The number of aryl methyl sites for hydroxylation is 1. The smallest absolute Gasteiger partial charge is 0.239 e. The third-order valence-electron chi connectivity index (χ3n) is 12.0. The first-order valence-electron chi connectivity index (χ1n) is 25.8. The number of halogens is 2. The molecule has 0 aliphatic carbocycles. The van der Waals surface area contributed by atoms with Crippen LogP contribution in [-0.4, -0.2) is 92.6 Å². The summed E-state index contributed by atoms with van der Waals surface area (Å²) < 4.78 is 41.1. The molecule has 0 atom stereocenters. The van der Waals surface area contributed by atoms with Crippen LogP contribution >= 0.6 is 12.2 Å². The van der Waals surface area contributed by atoms with Gasteiger partial charge in [-0.3, -0.25) is 19.4 Å². The zero-order valence-electron chi connectivity index (χ0n) is 45.7. The molecule has 6 N–H and O–H groups in total. The molecule has 7 aromatic rings. The molecule has 0 spiro atoms. The minimum Gasteiger partial charge on any atom is -0.457 e. The van der Waals surface area contributed by atoms with Gasteiger partial charge in [-0.25, -0.2) is 23.7 Å². The van der Waals surface area contributed by atoms with Gasteiger partial charge in [-0.15, -0.1) is 0 Å². The van der Waals surface area contributed by atoms with E-state index in [1.165, 1.54) is 12.1 Å². The first kappa shape index (κ1) is 68.3. The molecule has 0 saturated carbocycles. The molecule has 0 radical (unpaired) electrons. The Kier molecular flexibility index (Phi) is 29.2. The lowest BCUT2D eigenvalue weighted by molar-refractivity contribution is -0.118. The Morgan fingerprint density at radius 1 is 0.700 bits per heavy atom. The molecule has 80 heavy (non-hydrogen) atoms. The molecule has 0 fully saturated rings. The second-order valence-corrected chi connectivity index (χ2v) is 18.7. The molecule has 3 aromatic heterocycles. The Balaban J connectivity index is 0.000000451. The summed E-state index contributed by atoms with van der Waals surface area (Å²) in [5.74, 6) is 3.50. The Bertz CT molecular complexity index is 3110. The van der Waals surface area contributed by atoms with Crippen molar-refractivity contribution >= 4 is 80.6 Å². The van der Waals surface area contributed by atoms with E-state index in [4.69, 9.17) is 20.2 Å². The molecule has 4 aromatic carbocycles. The number of carbonyl (C=O) groups excluding carboxylic acids is 2. The van der Waals surface area contributed by atoms with Crippen LogP contribution in [0, 0.1) is 11.6 Å². The van der Waals surface area contributed by atoms with Gasteiger partial charge in [-0.05, 0) is 147 Å². The zero-order valence-corrected chi connectivity index (χ0v) is 46.5. The number of hydrogen-bond donors (Lipinski definition) is 5. The lowest BCUT2D eigenvalue weighted by Crippen LogP contribution is -2.33. The van der Waals surface area contributed by atoms with E-state index in [0.717, 1.165) is 61.4 Å². The largest absolute Gasteiger partial charge is 0.457 e. The fraction of sp³-hybridized carbons (Fsp3) is 0.377. The summed E-state index contributed by atoms with van der Waals surface area (Å²) in [6, 6.07) is 27.6. The van der Waals surface area contributed by atoms with E-state index in [-0.39, 0.29) is 57.6 Å². The van der Waals surface area contributed by atoms with Crippen LogP contribution in [0.3, 0.4) is 0 Å². The van der Waals surface area contributed by atoms with Gasteiger partial charge in [0.2, 0.25) is 17.8 Å². The Morgan fingerprint density at radius 2 is 1.20 bits per heavy atom. The van der Waals surface area contributed by atoms with Gasteiger partial charge in [0.25, 0.3) is 0 Å². The number of anilines is 6. The number of hydrogen-bond acceptors (Lipinski definition) is 14. The second kappa shape index (κ2) is 34.2. The van der Waals surface area contributed by atoms with Crippen molar-refractivity contribution < 1.29 is 27.8 Å². The number of benzene rings is 4. The number of amides is 2. The molecular formula is C61H84F2N12O4S. The molecule has 3 heterocycles. The quantitative estimate of drug-likeness (QED) is 0.0245. The van der Waals surface area contributed by atoms with Crippen LogP contribution in [0.1, 0.15) is 113 Å². The maximum absolute atomic E-state index is 14.1. The normalized spacial score (nSPS) is 10.4. The summed E-state index contributed by atoms with van der Waals surface area (Å²) in [5, 5.41) is 14.2. The highest BCUT2D eigenvalue weighted by Gasteiger charge is 2.15. The van der Waals surface area contributed by atoms with Gasteiger partial charge in [0, 0.05) is 56.4 Å². The molecule has 0 unspecified atom stereocenters. The summed E-state index contributed by atoms with van der Waals surface area (Å²) in [4.78, 5) is 45.7. The van der Waals surface area contributed by atoms with Gasteiger partial charge in [0.15, 0.2) is 0 Å². The number of isothiocyanates is 1. The molecule has 7 rings (SSSR count). The van der Waals surface area contributed by atoms with Gasteiger partial charge in [-0.1, -0.05) is 77.7 Å². The summed E-state index contributed by atoms with van der Waals surface area (Å²) in [5.41, 5.74) is 11.8. The summed E-state index contributed by atoms with van der Waals surface area (Å²) in [6.07, 6.45) is 5.20. The number of nitrogens with one attached hydrogen (secondary N) is 4. The SMILES string of the molecule is C.C.C.CC(C)c1cc(N=C=S)ccc1F.CCCN(CC)CC(=O)Nc1cc(Oc2ccc(NC)c(N)c2)ccn1.CCCN(CC)CC(=O)Nc1cc(Oc2ccc3c(c2)nc(Nc2ccc(F)c(C(C)C)c2)n3C)ccn1. The number of thiocarbonyl (C=S) groups is 1. The van der Waals surface area contributed by atoms with Gasteiger partial charge in [0.05, 0.1) is 46.3 Å². The molecule has 16 nitrogen and oxygen atoms in total.